The zero-order valence-electron chi connectivity index (χ0n) is 10.5. The van der Waals surface area contributed by atoms with E-state index in [1.54, 1.807) is 12.1 Å². The molecule has 0 fully saturated rings. The van der Waals surface area contributed by atoms with E-state index in [0.29, 0.717) is 5.56 Å². The molecule has 0 saturated heterocycles. The SMILES string of the molecule is CCCCC(NCC)C(=O)c1cccc(F)c1. The lowest BCUT2D eigenvalue weighted by Gasteiger charge is -2.16. The van der Waals surface area contributed by atoms with Crippen LogP contribution < -0.4 is 5.32 Å². The van der Waals surface area contributed by atoms with Gasteiger partial charge in [0, 0.05) is 5.56 Å². The molecule has 1 atom stereocenters. The lowest BCUT2D eigenvalue weighted by atomic mass is 9.99. The number of halogens is 1. The average Bonchev–Trinajstić information content (AvgIpc) is 2.33. The van der Waals surface area contributed by atoms with E-state index in [0.717, 1.165) is 25.8 Å². The molecule has 0 bridgehead atoms. The monoisotopic (exact) mass is 237 g/mol. The summed E-state index contributed by atoms with van der Waals surface area (Å²) in [6, 6.07) is 5.71. The van der Waals surface area contributed by atoms with Gasteiger partial charge in [0.2, 0.25) is 0 Å². The van der Waals surface area contributed by atoms with Gasteiger partial charge in [0.05, 0.1) is 6.04 Å². The molecule has 0 aliphatic rings. The molecule has 1 N–H and O–H groups in total. The fourth-order valence-corrected chi connectivity index (χ4v) is 1.82. The Hall–Kier alpha value is -1.22. The number of hydrogen-bond donors (Lipinski definition) is 1. The predicted molar refractivity (Wildman–Crippen MR) is 67.7 cm³/mol. The maximum Gasteiger partial charge on any atom is 0.179 e. The fraction of sp³-hybridized carbons (Fsp3) is 0.500. The second-order valence-corrected chi connectivity index (χ2v) is 4.13. The maximum atomic E-state index is 13.1. The molecule has 17 heavy (non-hydrogen) atoms. The Kier molecular flexibility index (Phi) is 5.84. The van der Waals surface area contributed by atoms with Crippen LogP contribution in [0.1, 0.15) is 43.5 Å². The van der Waals surface area contributed by atoms with Gasteiger partial charge in [-0.2, -0.15) is 0 Å². The molecule has 3 heteroatoms. The van der Waals surface area contributed by atoms with E-state index in [4.69, 9.17) is 0 Å². The molecule has 1 unspecified atom stereocenters. The van der Waals surface area contributed by atoms with Gasteiger partial charge in [-0.15, -0.1) is 0 Å². The zero-order chi connectivity index (χ0) is 12.7. The van der Waals surface area contributed by atoms with Crippen molar-refractivity contribution < 1.29 is 9.18 Å². The summed E-state index contributed by atoms with van der Waals surface area (Å²) in [6.45, 7) is 4.81. The Labute approximate surface area is 102 Å². The molecule has 0 aliphatic heterocycles. The van der Waals surface area contributed by atoms with Crippen LogP contribution in [-0.2, 0) is 0 Å². The first-order valence-corrected chi connectivity index (χ1v) is 6.22. The summed E-state index contributed by atoms with van der Waals surface area (Å²) in [5.74, 6) is -0.374. The maximum absolute atomic E-state index is 13.1. The first kappa shape index (κ1) is 13.8. The highest BCUT2D eigenvalue weighted by Crippen LogP contribution is 2.10. The van der Waals surface area contributed by atoms with Gasteiger partial charge in [-0.05, 0) is 25.1 Å². The van der Waals surface area contributed by atoms with E-state index < -0.39 is 0 Å². The molecular weight excluding hydrogens is 217 g/mol. The third kappa shape index (κ3) is 4.27. The van der Waals surface area contributed by atoms with Crippen LogP contribution >= 0.6 is 0 Å². The molecule has 0 aromatic heterocycles. The first-order chi connectivity index (χ1) is 8.19. The van der Waals surface area contributed by atoms with Gasteiger partial charge in [0.1, 0.15) is 5.82 Å². The number of carbonyl (C=O) groups is 1. The summed E-state index contributed by atoms with van der Waals surface area (Å²) in [5.41, 5.74) is 0.451. The van der Waals surface area contributed by atoms with Crippen molar-refractivity contribution >= 4 is 5.78 Å². The van der Waals surface area contributed by atoms with Crippen molar-refractivity contribution in [1.29, 1.82) is 0 Å². The van der Waals surface area contributed by atoms with Crippen molar-refractivity contribution in [3.05, 3.63) is 35.6 Å². The molecule has 94 valence electrons. The molecule has 0 saturated carbocycles. The summed E-state index contributed by atoms with van der Waals surface area (Å²) >= 11 is 0. The molecule has 0 aliphatic carbocycles. The molecule has 0 radical (unpaired) electrons. The van der Waals surface area contributed by atoms with Gasteiger partial charge >= 0.3 is 0 Å². The van der Waals surface area contributed by atoms with E-state index in [1.165, 1.54) is 12.1 Å². The third-order valence-electron chi connectivity index (χ3n) is 2.72. The third-order valence-corrected chi connectivity index (χ3v) is 2.72. The van der Waals surface area contributed by atoms with Gasteiger partial charge in [-0.25, -0.2) is 4.39 Å². The average molecular weight is 237 g/mol. The lowest BCUT2D eigenvalue weighted by Crippen LogP contribution is -2.36. The van der Waals surface area contributed by atoms with Crippen molar-refractivity contribution in [2.75, 3.05) is 6.54 Å². The Morgan fingerprint density at radius 2 is 2.18 bits per heavy atom. The number of likely N-dealkylation sites (N-methyl/N-ethyl adjacent to an activating group) is 1. The van der Waals surface area contributed by atoms with E-state index in [9.17, 15) is 9.18 Å². The van der Waals surface area contributed by atoms with Crippen LogP contribution in [0, 0.1) is 5.82 Å². The number of benzene rings is 1. The fourth-order valence-electron chi connectivity index (χ4n) is 1.82. The Morgan fingerprint density at radius 3 is 2.76 bits per heavy atom. The van der Waals surface area contributed by atoms with Gasteiger partial charge < -0.3 is 5.32 Å². The van der Waals surface area contributed by atoms with Gasteiger partial charge in [-0.1, -0.05) is 38.8 Å². The van der Waals surface area contributed by atoms with Crippen LogP contribution in [0.4, 0.5) is 4.39 Å². The quantitative estimate of drug-likeness (QED) is 0.738. The summed E-state index contributed by atoms with van der Waals surface area (Å²) < 4.78 is 13.1. The number of unbranched alkanes of at least 4 members (excludes halogenated alkanes) is 1. The van der Waals surface area contributed by atoms with Gasteiger partial charge in [0.25, 0.3) is 0 Å². The largest absolute Gasteiger partial charge is 0.307 e. The van der Waals surface area contributed by atoms with E-state index in [2.05, 4.69) is 12.2 Å². The van der Waals surface area contributed by atoms with Crippen molar-refractivity contribution in [2.24, 2.45) is 0 Å². The molecule has 0 heterocycles. The smallest absolute Gasteiger partial charge is 0.179 e. The number of hydrogen-bond acceptors (Lipinski definition) is 2. The number of Topliss-reactive ketones (excluding diaryl/α,β-unsaturated/α-hetero) is 1. The summed E-state index contributed by atoms with van der Waals surface area (Å²) in [7, 11) is 0. The molecule has 1 aromatic carbocycles. The zero-order valence-corrected chi connectivity index (χ0v) is 10.5. The van der Waals surface area contributed by atoms with Crippen LogP contribution in [0.25, 0.3) is 0 Å². The highest BCUT2D eigenvalue weighted by molar-refractivity contribution is 6.00. The van der Waals surface area contributed by atoms with Crippen LogP contribution in [0.5, 0.6) is 0 Å². The highest BCUT2D eigenvalue weighted by atomic mass is 19.1. The lowest BCUT2D eigenvalue weighted by molar-refractivity contribution is 0.0937. The van der Waals surface area contributed by atoms with Crippen LogP contribution in [0.3, 0.4) is 0 Å². The minimum absolute atomic E-state index is 0.0141. The van der Waals surface area contributed by atoms with Crippen molar-refractivity contribution in [1.82, 2.24) is 5.32 Å². The molecular formula is C14H20FNO. The van der Waals surface area contributed by atoms with Crippen molar-refractivity contribution in [3.63, 3.8) is 0 Å². The molecule has 2 nitrogen and oxygen atoms in total. The van der Waals surface area contributed by atoms with Crippen molar-refractivity contribution in [2.45, 2.75) is 39.2 Å². The van der Waals surface area contributed by atoms with Crippen LogP contribution in [0.2, 0.25) is 0 Å². The first-order valence-electron chi connectivity index (χ1n) is 6.22. The predicted octanol–water partition coefficient (Wildman–Crippen LogP) is 3.18. The second-order valence-electron chi connectivity index (χ2n) is 4.13. The summed E-state index contributed by atoms with van der Waals surface area (Å²) in [5, 5.41) is 3.16. The summed E-state index contributed by atoms with van der Waals surface area (Å²) in [4.78, 5) is 12.2. The minimum atomic E-state index is -0.360. The number of ketones is 1. The van der Waals surface area contributed by atoms with E-state index in [1.807, 2.05) is 6.92 Å². The topological polar surface area (TPSA) is 29.1 Å². The molecule has 1 aromatic rings. The van der Waals surface area contributed by atoms with E-state index >= 15 is 0 Å². The van der Waals surface area contributed by atoms with E-state index in [-0.39, 0.29) is 17.6 Å². The molecule has 0 spiro atoms. The summed E-state index contributed by atoms with van der Waals surface area (Å²) in [6.07, 6.45) is 2.86. The Balaban J connectivity index is 2.76. The number of carbonyl (C=O) groups excluding carboxylic acids is 1. The van der Waals surface area contributed by atoms with Crippen LogP contribution in [0.15, 0.2) is 24.3 Å². The Morgan fingerprint density at radius 1 is 1.41 bits per heavy atom. The number of nitrogens with one attached hydrogen (secondary N) is 1. The number of rotatable bonds is 7. The highest BCUT2D eigenvalue weighted by Gasteiger charge is 2.18. The van der Waals surface area contributed by atoms with Gasteiger partial charge in [-0.3, -0.25) is 4.79 Å². The minimum Gasteiger partial charge on any atom is -0.307 e. The molecule has 1 rings (SSSR count). The van der Waals surface area contributed by atoms with Crippen LogP contribution in [-0.4, -0.2) is 18.4 Å². The standard InChI is InChI=1S/C14H20FNO/c1-3-5-9-13(16-4-2)14(17)11-7-6-8-12(15)10-11/h6-8,10,13,16H,3-5,9H2,1-2H3. The Bertz CT molecular complexity index is 365. The van der Waals surface area contributed by atoms with Gasteiger partial charge in [0.15, 0.2) is 5.78 Å². The second kappa shape index (κ2) is 7.17. The normalized spacial score (nSPS) is 12.4. The van der Waals surface area contributed by atoms with Crippen molar-refractivity contribution in [3.8, 4) is 0 Å². The molecule has 0 amide bonds.